The van der Waals surface area contributed by atoms with Crippen molar-refractivity contribution in [2.24, 2.45) is 4.99 Å². The number of benzene rings is 2. The molecule has 5 nitrogen and oxygen atoms in total. The van der Waals surface area contributed by atoms with Crippen LogP contribution in [-0.2, 0) is 30.9 Å². The number of pyridine rings is 1. The van der Waals surface area contributed by atoms with Gasteiger partial charge in [0.15, 0.2) is 5.96 Å². The highest BCUT2D eigenvalue weighted by Crippen LogP contribution is 2.09. The molecule has 0 aliphatic carbocycles. The van der Waals surface area contributed by atoms with Crippen LogP contribution in [0.1, 0.15) is 22.4 Å². The Hall–Kier alpha value is -3.18. The molecule has 0 radical (unpaired) electrons. The zero-order chi connectivity index (χ0) is 20.2. The monoisotopic (exact) mass is 388 g/mol. The Morgan fingerprint density at radius 1 is 0.862 bits per heavy atom. The number of nitrogens with one attached hydrogen (secondary N) is 2. The number of hydrogen-bond donors (Lipinski definition) is 2. The third-order valence-corrected chi connectivity index (χ3v) is 4.45. The van der Waals surface area contributed by atoms with Crippen molar-refractivity contribution >= 4 is 5.96 Å². The van der Waals surface area contributed by atoms with Crippen LogP contribution in [0.5, 0.6) is 0 Å². The fourth-order valence-corrected chi connectivity index (χ4v) is 2.95. The predicted molar refractivity (Wildman–Crippen MR) is 118 cm³/mol. The molecule has 29 heavy (non-hydrogen) atoms. The Kier molecular flexibility index (Phi) is 8.23. The van der Waals surface area contributed by atoms with Crippen molar-refractivity contribution < 1.29 is 4.74 Å². The summed E-state index contributed by atoms with van der Waals surface area (Å²) in [6, 6.07) is 24.6. The molecule has 0 unspecified atom stereocenters. The Balaban J connectivity index is 1.41. The molecule has 1 heterocycles. The molecule has 5 heteroatoms. The smallest absolute Gasteiger partial charge is 0.191 e. The molecule has 0 saturated carbocycles. The first kappa shape index (κ1) is 20.6. The largest absolute Gasteiger partial charge is 0.372 e. The van der Waals surface area contributed by atoms with Crippen molar-refractivity contribution in [2.45, 2.75) is 26.2 Å². The van der Waals surface area contributed by atoms with Crippen molar-refractivity contribution in [2.75, 3.05) is 13.6 Å². The standard InChI is InChI=1S/C24H28N4O/c1-25-24(27-15-13-23-12-5-6-14-26-23)28-17-21-10-7-11-22(16-21)19-29-18-20-8-3-2-4-9-20/h2-12,14,16H,13,15,17-19H2,1H3,(H2,25,27,28). The Bertz CT molecular complexity index is 882. The van der Waals surface area contributed by atoms with E-state index in [1.54, 1.807) is 7.05 Å². The second-order valence-electron chi connectivity index (χ2n) is 6.72. The van der Waals surface area contributed by atoms with Crippen LogP contribution in [0.3, 0.4) is 0 Å². The number of rotatable bonds is 9. The number of guanidine groups is 1. The van der Waals surface area contributed by atoms with E-state index >= 15 is 0 Å². The van der Waals surface area contributed by atoms with Crippen LogP contribution in [0.2, 0.25) is 0 Å². The average molecular weight is 389 g/mol. The highest BCUT2D eigenvalue weighted by atomic mass is 16.5. The Morgan fingerprint density at radius 2 is 1.62 bits per heavy atom. The van der Waals surface area contributed by atoms with Gasteiger partial charge in [-0.3, -0.25) is 9.98 Å². The molecule has 0 aliphatic rings. The Labute approximate surface area is 172 Å². The summed E-state index contributed by atoms with van der Waals surface area (Å²) in [6.07, 6.45) is 2.68. The molecular formula is C24H28N4O. The molecule has 3 rings (SSSR count). The second kappa shape index (κ2) is 11.6. The van der Waals surface area contributed by atoms with Gasteiger partial charge < -0.3 is 15.4 Å². The summed E-state index contributed by atoms with van der Waals surface area (Å²) in [7, 11) is 1.78. The van der Waals surface area contributed by atoms with Crippen molar-refractivity contribution in [1.29, 1.82) is 0 Å². The lowest BCUT2D eigenvalue weighted by Crippen LogP contribution is -2.37. The molecule has 0 aliphatic heterocycles. The fourth-order valence-electron chi connectivity index (χ4n) is 2.95. The summed E-state index contributed by atoms with van der Waals surface area (Å²) >= 11 is 0. The summed E-state index contributed by atoms with van der Waals surface area (Å²) < 4.78 is 5.84. The van der Waals surface area contributed by atoms with Crippen LogP contribution < -0.4 is 10.6 Å². The zero-order valence-electron chi connectivity index (χ0n) is 16.8. The zero-order valence-corrected chi connectivity index (χ0v) is 16.8. The van der Waals surface area contributed by atoms with Gasteiger partial charge in [0.2, 0.25) is 0 Å². The number of aliphatic imine (C=N–C) groups is 1. The highest BCUT2D eigenvalue weighted by Gasteiger charge is 2.01. The molecule has 0 spiro atoms. The van der Waals surface area contributed by atoms with Crippen molar-refractivity contribution in [1.82, 2.24) is 15.6 Å². The van der Waals surface area contributed by atoms with E-state index in [-0.39, 0.29) is 0 Å². The van der Waals surface area contributed by atoms with Gasteiger partial charge in [-0.25, -0.2) is 0 Å². The van der Waals surface area contributed by atoms with E-state index in [9.17, 15) is 0 Å². The van der Waals surface area contributed by atoms with Crippen LogP contribution in [0.4, 0.5) is 0 Å². The van der Waals surface area contributed by atoms with E-state index in [1.807, 2.05) is 42.6 Å². The van der Waals surface area contributed by atoms with Gasteiger partial charge in [0.1, 0.15) is 0 Å². The maximum absolute atomic E-state index is 5.84. The summed E-state index contributed by atoms with van der Waals surface area (Å²) in [4.78, 5) is 8.63. The van der Waals surface area contributed by atoms with E-state index < -0.39 is 0 Å². The maximum Gasteiger partial charge on any atom is 0.191 e. The van der Waals surface area contributed by atoms with Crippen molar-refractivity contribution in [3.05, 3.63) is 101 Å². The van der Waals surface area contributed by atoms with Crippen LogP contribution >= 0.6 is 0 Å². The molecule has 2 aromatic carbocycles. The number of aromatic nitrogens is 1. The lowest BCUT2D eigenvalue weighted by atomic mass is 10.1. The predicted octanol–water partition coefficient (Wildman–Crippen LogP) is 3.71. The van der Waals surface area contributed by atoms with E-state index in [4.69, 9.17) is 4.74 Å². The average Bonchev–Trinajstić information content (AvgIpc) is 2.78. The maximum atomic E-state index is 5.84. The first-order valence-corrected chi connectivity index (χ1v) is 9.87. The molecule has 0 fully saturated rings. The van der Waals surface area contributed by atoms with Gasteiger partial charge in [0.05, 0.1) is 13.2 Å². The molecular weight excluding hydrogens is 360 g/mol. The van der Waals surface area contributed by atoms with Crippen LogP contribution in [0.25, 0.3) is 0 Å². The number of hydrogen-bond acceptors (Lipinski definition) is 3. The number of nitrogens with zero attached hydrogens (tertiary/aromatic N) is 2. The second-order valence-corrected chi connectivity index (χ2v) is 6.72. The molecule has 150 valence electrons. The summed E-state index contributed by atoms with van der Waals surface area (Å²) in [6.45, 7) is 2.70. The van der Waals surface area contributed by atoms with Gasteiger partial charge in [-0.15, -0.1) is 0 Å². The van der Waals surface area contributed by atoms with E-state index in [2.05, 4.69) is 57.0 Å². The van der Waals surface area contributed by atoms with Gasteiger partial charge in [-0.05, 0) is 28.8 Å². The molecule has 0 bridgehead atoms. The number of ether oxygens (including phenoxy) is 1. The third kappa shape index (κ3) is 7.39. The lowest BCUT2D eigenvalue weighted by molar-refractivity contribution is 0.107. The van der Waals surface area contributed by atoms with Crippen LogP contribution in [0, 0.1) is 0 Å². The molecule has 0 saturated heterocycles. The molecule has 0 atom stereocenters. The lowest BCUT2D eigenvalue weighted by Gasteiger charge is -2.12. The Morgan fingerprint density at radius 3 is 2.41 bits per heavy atom. The van der Waals surface area contributed by atoms with Crippen LogP contribution in [0.15, 0.2) is 84.0 Å². The molecule has 2 N–H and O–H groups in total. The van der Waals surface area contributed by atoms with Gasteiger partial charge in [0, 0.05) is 38.4 Å². The van der Waals surface area contributed by atoms with Gasteiger partial charge in [-0.2, -0.15) is 0 Å². The first-order valence-electron chi connectivity index (χ1n) is 9.87. The van der Waals surface area contributed by atoms with Gasteiger partial charge in [0.25, 0.3) is 0 Å². The minimum Gasteiger partial charge on any atom is -0.372 e. The normalized spacial score (nSPS) is 11.3. The molecule has 1 aromatic heterocycles. The van der Waals surface area contributed by atoms with Crippen molar-refractivity contribution in [3.8, 4) is 0 Å². The molecule has 3 aromatic rings. The molecule has 0 amide bonds. The topological polar surface area (TPSA) is 58.5 Å². The van der Waals surface area contributed by atoms with Crippen molar-refractivity contribution in [3.63, 3.8) is 0 Å². The van der Waals surface area contributed by atoms with Gasteiger partial charge >= 0.3 is 0 Å². The summed E-state index contributed by atoms with van der Waals surface area (Å²) in [5, 5.41) is 6.69. The minimum absolute atomic E-state index is 0.597. The SMILES string of the molecule is CN=C(NCCc1ccccn1)NCc1cccc(COCc2ccccc2)c1. The van der Waals surface area contributed by atoms with E-state index in [0.29, 0.717) is 19.8 Å². The van der Waals surface area contributed by atoms with Crippen LogP contribution in [-0.4, -0.2) is 24.5 Å². The quantitative estimate of drug-likeness (QED) is 0.433. The minimum atomic E-state index is 0.597. The highest BCUT2D eigenvalue weighted by molar-refractivity contribution is 5.79. The third-order valence-electron chi connectivity index (χ3n) is 4.45. The van der Waals surface area contributed by atoms with E-state index in [0.717, 1.165) is 24.6 Å². The summed E-state index contributed by atoms with van der Waals surface area (Å²) in [5.41, 5.74) is 4.61. The first-order chi connectivity index (χ1) is 14.3. The van der Waals surface area contributed by atoms with Gasteiger partial charge in [-0.1, -0.05) is 60.7 Å². The van der Waals surface area contributed by atoms with E-state index in [1.165, 1.54) is 16.7 Å². The fraction of sp³-hybridized carbons (Fsp3) is 0.250. The summed E-state index contributed by atoms with van der Waals surface area (Å²) in [5.74, 6) is 0.784.